The fourth-order valence-electron chi connectivity index (χ4n) is 11.8. The van der Waals surface area contributed by atoms with Gasteiger partial charge in [-0.15, -0.1) is 0 Å². The molecule has 2 aliphatic rings. The van der Waals surface area contributed by atoms with Gasteiger partial charge in [-0.05, 0) is 118 Å². The number of nitrogens with zero attached hydrogens (tertiary/aromatic N) is 1. The van der Waals surface area contributed by atoms with Crippen LogP contribution in [0.2, 0.25) is 0 Å². The highest BCUT2D eigenvalue weighted by Crippen LogP contribution is 2.66. The van der Waals surface area contributed by atoms with E-state index in [2.05, 4.69) is 254 Å². The number of hydrogen-bond donors (Lipinski definition) is 0. The van der Waals surface area contributed by atoms with E-state index in [-0.39, 0.29) is 0 Å². The lowest BCUT2D eigenvalue weighted by Crippen LogP contribution is -2.44. The van der Waals surface area contributed by atoms with Crippen LogP contribution < -0.4 is 4.90 Å². The molecule has 0 fully saturated rings. The minimum absolute atomic E-state index is 0.519. The first-order chi connectivity index (χ1) is 31.3. The van der Waals surface area contributed by atoms with Crippen molar-refractivity contribution >= 4 is 49.4 Å². The number of rotatable bonds is 6. The molecule has 11 aromatic carbocycles. The second-order valence-electron chi connectivity index (χ2n) is 17.1. The van der Waals surface area contributed by atoms with E-state index >= 15 is 0 Å². The Morgan fingerprint density at radius 2 is 0.698 bits per heavy atom. The molecule has 0 aromatic heterocycles. The molecule has 0 amide bonds. The molecule has 13 rings (SSSR count). The molecule has 11 aromatic rings. The van der Waals surface area contributed by atoms with Crippen LogP contribution in [0.5, 0.6) is 0 Å². The summed E-state index contributed by atoms with van der Waals surface area (Å²) in [5, 5.41) is 7.58. The molecule has 1 heteroatoms. The summed E-state index contributed by atoms with van der Waals surface area (Å²) in [4.78, 5) is 2.50. The van der Waals surface area contributed by atoms with Crippen molar-refractivity contribution < 1.29 is 0 Å². The number of benzene rings is 11. The Bertz CT molecular complexity index is 3540. The van der Waals surface area contributed by atoms with E-state index in [1.165, 1.54) is 88.0 Å². The zero-order valence-corrected chi connectivity index (χ0v) is 34.6. The molecule has 0 saturated heterocycles. The molecule has 2 atom stereocenters. The zero-order chi connectivity index (χ0) is 41.5. The van der Waals surface area contributed by atoms with Crippen molar-refractivity contribution in [3.63, 3.8) is 0 Å². The van der Waals surface area contributed by atoms with Gasteiger partial charge in [-0.2, -0.15) is 0 Å². The third-order valence-electron chi connectivity index (χ3n) is 14.2. The minimum Gasteiger partial charge on any atom is -0.310 e. The maximum Gasteiger partial charge on any atom is 0.0728 e. The lowest BCUT2D eigenvalue weighted by molar-refractivity contribution is 0.627. The molecule has 0 heterocycles. The third-order valence-corrected chi connectivity index (χ3v) is 14.2. The topological polar surface area (TPSA) is 3.24 Å². The van der Waals surface area contributed by atoms with Crippen LogP contribution in [0.25, 0.3) is 43.4 Å². The minimum atomic E-state index is -0.715. The molecule has 2 unspecified atom stereocenters. The van der Waals surface area contributed by atoms with Crippen molar-refractivity contribution in [3.8, 4) is 11.1 Å². The Balaban J connectivity index is 1.17. The van der Waals surface area contributed by atoms with E-state index < -0.39 is 10.8 Å². The van der Waals surface area contributed by atoms with Crippen molar-refractivity contribution in [3.05, 3.63) is 293 Å². The lowest BCUT2D eigenvalue weighted by atomic mass is 9.51. The van der Waals surface area contributed by atoms with Crippen LogP contribution in [0.1, 0.15) is 44.5 Å². The van der Waals surface area contributed by atoms with Gasteiger partial charge in [-0.3, -0.25) is 0 Å². The molecule has 0 saturated carbocycles. The Morgan fingerprint density at radius 3 is 1.35 bits per heavy atom. The van der Waals surface area contributed by atoms with E-state index in [4.69, 9.17) is 0 Å². The van der Waals surface area contributed by atoms with Gasteiger partial charge in [0.1, 0.15) is 0 Å². The largest absolute Gasteiger partial charge is 0.310 e. The molecular weight excluding hydrogens is 759 g/mol. The maximum absolute atomic E-state index is 2.50. The molecular formula is C62H41N. The van der Waals surface area contributed by atoms with Gasteiger partial charge < -0.3 is 4.90 Å². The molecule has 0 spiro atoms. The van der Waals surface area contributed by atoms with Crippen molar-refractivity contribution in [2.75, 3.05) is 4.90 Å². The first-order valence-corrected chi connectivity index (χ1v) is 22.0. The quantitative estimate of drug-likeness (QED) is 0.151. The number of para-hydroxylation sites is 2. The summed E-state index contributed by atoms with van der Waals surface area (Å²) in [5.74, 6) is 0. The second kappa shape index (κ2) is 13.8. The normalized spacial score (nSPS) is 17.0. The Labute approximate surface area is 367 Å². The summed E-state index contributed by atoms with van der Waals surface area (Å²) in [5.41, 5.74) is 15.1. The van der Waals surface area contributed by atoms with E-state index in [1.807, 2.05) is 0 Å². The average molecular weight is 800 g/mol. The monoisotopic (exact) mass is 799 g/mol. The highest BCUT2D eigenvalue weighted by Gasteiger charge is 2.58. The molecule has 0 bridgehead atoms. The number of anilines is 3. The Hall–Kier alpha value is -8.00. The van der Waals surface area contributed by atoms with Crippen molar-refractivity contribution in [1.82, 2.24) is 0 Å². The first kappa shape index (κ1) is 35.7. The fraction of sp³-hybridized carbons (Fsp3) is 0.0323. The highest BCUT2D eigenvalue weighted by molar-refractivity contribution is 6.25. The van der Waals surface area contributed by atoms with Crippen LogP contribution >= 0.6 is 0 Å². The van der Waals surface area contributed by atoms with E-state index in [0.717, 1.165) is 17.1 Å². The Kier molecular flexibility index (Phi) is 7.80. The fourth-order valence-corrected chi connectivity index (χ4v) is 11.8. The van der Waals surface area contributed by atoms with Gasteiger partial charge >= 0.3 is 0 Å². The lowest BCUT2D eigenvalue weighted by Gasteiger charge is -2.50. The predicted molar refractivity (Wildman–Crippen MR) is 263 cm³/mol. The van der Waals surface area contributed by atoms with Crippen molar-refractivity contribution in [1.29, 1.82) is 0 Å². The summed E-state index contributed by atoms with van der Waals surface area (Å²) >= 11 is 0. The summed E-state index contributed by atoms with van der Waals surface area (Å²) in [6.07, 6.45) is 0. The smallest absolute Gasteiger partial charge is 0.0728 e. The summed E-state index contributed by atoms with van der Waals surface area (Å²) in [7, 11) is 0. The van der Waals surface area contributed by atoms with Crippen LogP contribution in [0.15, 0.2) is 249 Å². The van der Waals surface area contributed by atoms with Gasteiger partial charge in [0.15, 0.2) is 0 Å². The molecule has 0 radical (unpaired) electrons. The van der Waals surface area contributed by atoms with Crippen LogP contribution in [-0.2, 0) is 10.8 Å². The second-order valence-corrected chi connectivity index (χ2v) is 17.1. The van der Waals surface area contributed by atoms with Gasteiger partial charge in [0.25, 0.3) is 0 Å². The maximum atomic E-state index is 2.50. The van der Waals surface area contributed by atoms with E-state index in [9.17, 15) is 0 Å². The number of fused-ring (bicyclic) bond motifs is 11. The SMILES string of the molecule is c1ccc(N(c2ccc3c4ccccc4c4ccccc4c3c2)c2ccccc2C2(c3ccccc3)c3ccccc3C3(c4ccccc4)c4ccccc4-c4cccc2c43)cc1. The van der Waals surface area contributed by atoms with Gasteiger partial charge in [0.2, 0.25) is 0 Å². The molecule has 1 nitrogen and oxygen atoms in total. The standard InChI is InChI=1S/C62H41N/c1-4-21-42(22-5-1)61(55-34-16-17-35-56(55)62(43-23-6-2-7-24-43)54-33-15-14-31-51(54)52-32-20-37-58(61)60(52)62)57-36-18-19-38-59(57)63(44-25-8-3-9-26-44)45-39-40-50-48-29-11-10-27-46(48)47-28-12-13-30-49(47)53(50)41-45/h1-41H. The van der Waals surface area contributed by atoms with Crippen LogP contribution in [0, 0.1) is 0 Å². The van der Waals surface area contributed by atoms with E-state index in [0.29, 0.717) is 0 Å². The molecule has 0 N–H and O–H groups in total. The summed E-state index contributed by atoms with van der Waals surface area (Å²) in [6.45, 7) is 0. The Morgan fingerprint density at radius 1 is 0.254 bits per heavy atom. The number of hydrogen-bond acceptors (Lipinski definition) is 1. The average Bonchev–Trinajstić information content (AvgIpc) is 3.68. The van der Waals surface area contributed by atoms with Gasteiger partial charge in [-0.25, -0.2) is 0 Å². The van der Waals surface area contributed by atoms with Gasteiger partial charge in [0.05, 0.1) is 16.5 Å². The van der Waals surface area contributed by atoms with Crippen molar-refractivity contribution in [2.45, 2.75) is 10.8 Å². The zero-order valence-electron chi connectivity index (χ0n) is 34.6. The first-order valence-electron chi connectivity index (χ1n) is 22.0. The molecule has 63 heavy (non-hydrogen) atoms. The summed E-state index contributed by atoms with van der Waals surface area (Å²) < 4.78 is 0. The molecule has 294 valence electrons. The van der Waals surface area contributed by atoms with Crippen LogP contribution in [0.3, 0.4) is 0 Å². The molecule has 0 aliphatic heterocycles. The van der Waals surface area contributed by atoms with E-state index in [1.54, 1.807) is 0 Å². The van der Waals surface area contributed by atoms with Crippen LogP contribution in [0.4, 0.5) is 17.1 Å². The predicted octanol–water partition coefficient (Wildman–Crippen LogP) is 15.7. The van der Waals surface area contributed by atoms with Gasteiger partial charge in [0, 0.05) is 11.4 Å². The van der Waals surface area contributed by atoms with Crippen molar-refractivity contribution in [2.24, 2.45) is 0 Å². The van der Waals surface area contributed by atoms with Gasteiger partial charge in [-0.1, -0.05) is 218 Å². The van der Waals surface area contributed by atoms with Crippen LogP contribution in [-0.4, -0.2) is 0 Å². The summed E-state index contributed by atoms with van der Waals surface area (Å²) in [6, 6.07) is 93.0. The highest BCUT2D eigenvalue weighted by atomic mass is 15.1. The third kappa shape index (κ3) is 4.82. The molecule has 2 aliphatic carbocycles.